The normalized spacial score (nSPS) is 9.94. The van der Waals surface area contributed by atoms with Crippen LogP contribution in [0.25, 0.3) is 0 Å². The van der Waals surface area contributed by atoms with Gasteiger partial charge >= 0.3 is 0 Å². The van der Waals surface area contributed by atoms with E-state index in [1.165, 1.54) is 0 Å². The third-order valence-electron chi connectivity index (χ3n) is 2.39. The first-order valence-corrected chi connectivity index (χ1v) is 5.37. The molecule has 0 amide bonds. The standard InChI is InChI=1S/C14H13NO2/c1-11-2-3-13(8-15-11)10-17-14-6-4-12(9-16)5-7-14/h2-9H,10H2,1H3. The van der Waals surface area contributed by atoms with E-state index in [0.717, 1.165) is 23.3 Å². The van der Waals surface area contributed by atoms with E-state index in [0.29, 0.717) is 12.2 Å². The van der Waals surface area contributed by atoms with Gasteiger partial charge in [-0.2, -0.15) is 0 Å². The van der Waals surface area contributed by atoms with Crippen LogP contribution in [-0.2, 0) is 6.61 Å². The predicted octanol–water partition coefficient (Wildman–Crippen LogP) is 2.78. The monoisotopic (exact) mass is 227 g/mol. The fraction of sp³-hybridized carbons (Fsp3) is 0.143. The Morgan fingerprint density at radius 3 is 2.53 bits per heavy atom. The van der Waals surface area contributed by atoms with Gasteiger partial charge < -0.3 is 4.74 Å². The van der Waals surface area contributed by atoms with Gasteiger partial charge in [0.05, 0.1) is 0 Å². The number of pyridine rings is 1. The van der Waals surface area contributed by atoms with Gasteiger partial charge in [-0.3, -0.25) is 9.78 Å². The summed E-state index contributed by atoms with van der Waals surface area (Å²) in [6.45, 7) is 2.43. The summed E-state index contributed by atoms with van der Waals surface area (Å²) < 4.78 is 5.58. The molecule has 0 atom stereocenters. The van der Waals surface area contributed by atoms with Gasteiger partial charge in [-0.15, -0.1) is 0 Å². The van der Waals surface area contributed by atoms with Crippen molar-refractivity contribution in [3.05, 3.63) is 59.4 Å². The first-order chi connectivity index (χ1) is 8.28. The molecule has 0 N–H and O–H groups in total. The number of nitrogens with zero attached hydrogens (tertiary/aromatic N) is 1. The fourth-order valence-corrected chi connectivity index (χ4v) is 1.39. The van der Waals surface area contributed by atoms with Gasteiger partial charge in [0.2, 0.25) is 0 Å². The molecule has 3 nitrogen and oxygen atoms in total. The Hall–Kier alpha value is -2.16. The number of carbonyl (C=O) groups is 1. The van der Waals surface area contributed by atoms with E-state index in [2.05, 4.69) is 4.98 Å². The topological polar surface area (TPSA) is 39.2 Å². The number of aldehydes is 1. The van der Waals surface area contributed by atoms with Crippen LogP contribution in [0.1, 0.15) is 21.6 Å². The van der Waals surface area contributed by atoms with Crippen molar-refractivity contribution in [3.8, 4) is 5.75 Å². The Morgan fingerprint density at radius 1 is 1.18 bits per heavy atom. The van der Waals surface area contributed by atoms with E-state index in [4.69, 9.17) is 4.74 Å². The summed E-state index contributed by atoms with van der Waals surface area (Å²) in [4.78, 5) is 14.7. The van der Waals surface area contributed by atoms with Crippen LogP contribution in [0.3, 0.4) is 0 Å². The van der Waals surface area contributed by atoms with Crippen LogP contribution in [0.15, 0.2) is 42.6 Å². The maximum absolute atomic E-state index is 10.5. The molecular formula is C14H13NO2. The summed E-state index contributed by atoms with van der Waals surface area (Å²) in [7, 11) is 0. The van der Waals surface area contributed by atoms with E-state index in [1.807, 2.05) is 19.1 Å². The minimum absolute atomic E-state index is 0.480. The van der Waals surface area contributed by atoms with Gasteiger partial charge in [0, 0.05) is 23.0 Å². The van der Waals surface area contributed by atoms with E-state index in [9.17, 15) is 4.79 Å². The first-order valence-electron chi connectivity index (χ1n) is 5.37. The summed E-state index contributed by atoms with van der Waals surface area (Å²) in [5, 5.41) is 0. The highest BCUT2D eigenvalue weighted by Crippen LogP contribution is 2.13. The highest BCUT2D eigenvalue weighted by molar-refractivity contribution is 5.74. The first kappa shape index (κ1) is 11.3. The molecule has 3 heteroatoms. The Labute approximate surface area is 100 Å². The van der Waals surface area contributed by atoms with Gasteiger partial charge in [-0.1, -0.05) is 6.07 Å². The largest absolute Gasteiger partial charge is 0.489 e. The van der Waals surface area contributed by atoms with E-state index in [-0.39, 0.29) is 0 Å². The average molecular weight is 227 g/mol. The zero-order chi connectivity index (χ0) is 12.1. The molecular weight excluding hydrogens is 214 g/mol. The second-order valence-electron chi connectivity index (χ2n) is 3.78. The van der Waals surface area contributed by atoms with Crippen molar-refractivity contribution >= 4 is 6.29 Å². The van der Waals surface area contributed by atoms with Crippen LogP contribution in [-0.4, -0.2) is 11.3 Å². The zero-order valence-corrected chi connectivity index (χ0v) is 9.59. The van der Waals surface area contributed by atoms with Crippen molar-refractivity contribution in [2.24, 2.45) is 0 Å². The number of carbonyl (C=O) groups excluding carboxylic acids is 1. The van der Waals surface area contributed by atoms with Crippen LogP contribution in [0.2, 0.25) is 0 Å². The lowest BCUT2D eigenvalue weighted by Gasteiger charge is -2.06. The molecule has 0 radical (unpaired) electrons. The quantitative estimate of drug-likeness (QED) is 0.754. The minimum atomic E-state index is 0.480. The molecule has 0 bridgehead atoms. The summed E-state index contributed by atoms with van der Waals surface area (Å²) >= 11 is 0. The van der Waals surface area contributed by atoms with Crippen molar-refractivity contribution in [3.63, 3.8) is 0 Å². The number of rotatable bonds is 4. The van der Waals surface area contributed by atoms with Crippen molar-refractivity contribution in [2.75, 3.05) is 0 Å². The number of hydrogen-bond acceptors (Lipinski definition) is 3. The highest BCUT2D eigenvalue weighted by atomic mass is 16.5. The molecule has 0 aliphatic rings. The summed E-state index contributed by atoms with van der Waals surface area (Å²) in [6, 6.07) is 11.0. The van der Waals surface area contributed by atoms with Gasteiger partial charge in [0.15, 0.2) is 0 Å². The molecule has 1 heterocycles. The molecule has 1 aromatic carbocycles. The third kappa shape index (κ3) is 3.14. The molecule has 0 fully saturated rings. The Morgan fingerprint density at radius 2 is 1.94 bits per heavy atom. The number of aryl methyl sites for hydroxylation is 1. The lowest BCUT2D eigenvalue weighted by atomic mass is 10.2. The second kappa shape index (κ2) is 5.25. The summed E-state index contributed by atoms with van der Waals surface area (Å²) in [5.74, 6) is 0.746. The summed E-state index contributed by atoms with van der Waals surface area (Å²) in [6.07, 6.45) is 2.61. The van der Waals surface area contributed by atoms with E-state index >= 15 is 0 Å². The number of hydrogen-bond donors (Lipinski definition) is 0. The molecule has 0 saturated heterocycles. The molecule has 0 spiro atoms. The van der Waals surface area contributed by atoms with E-state index in [1.54, 1.807) is 30.5 Å². The molecule has 2 rings (SSSR count). The summed E-state index contributed by atoms with van der Waals surface area (Å²) in [5.41, 5.74) is 2.66. The molecule has 0 aliphatic heterocycles. The third-order valence-corrected chi connectivity index (χ3v) is 2.39. The second-order valence-corrected chi connectivity index (χ2v) is 3.78. The predicted molar refractivity (Wildman–Crippen MR) is 65.1 cm³/mol. The lowest BCUT2D eigenvalue weighted by molar-refractivity contribution is 0.112. The van der Waals surface area contributed by atoms with Crippen LogP contribution in [0.4, 0.5) is 0 Å². The average Bonchev–Trinajstić information content (AvgIpc) is 2.39. The van der Waals surface area contributed by atoms with E-state index < -0.39 is 0 Å². The number of benzene rings is 1. The maximum atomic E-state index is 10.5. The van der Waals surface area contributed by atoms with Crippen LogP contribution < -0.4 is 4.74 Å². The molecule has 0 unspecified atom stereocenters. The Kier molecular flexibility index (Phi) is 3.50. The number of ether oxygens (including phenoxy) is 1. The van der Waals surface area contributed by atoms with Crippen molar-refractivity contribution < 1.29 is 9.53 Å². The van der Waals surface area contributed by atoms with Gasteiger partial charge in [0.25, 0.3) is 0 Å². The lowest BCUT2D eigenvalue weighted by Crippen LogP contribution is -1.96. The Balaban J connectivity index is 1.97. The highest BCUT2D eigenvalue weighted by Gasteiger charge is 1.97. The minimum Gasteiger partial charge on any atom is -0.489 e. The maximum Gasteiger partial charge on any atom is 0.150 e. The van der Waals surface area contributed by atoms with Gasteiger partial charge in [-0.05, 0) is 37.3 Å². The molecule has 0 aliphatic carbocycles. The Bertz CT molecular complexity index is 489. The molecule has 17 heavy (non-hydrogen) atoms. The van der Waals surface area contributed by atoms with Gasteiger partial charge in [0.1, 0.15) is 18.6 Å². The van der Waals surface area contributed by atoms with Gasteiger partial charge in [-0.25, -0.2) is 0 Å². The van der Waals surface area contributed by atoms with Crippen LogP contribution >= 0.6 is 0 Å². The van der Waals surface area contributed by atoms with Crippen molar-refractivity contribution in [1.29, 1.82) is 0 Å². The zero-order valence-electron chi connectivity index (χ0n) is 9.59. The van der Waals surface area contributed by atoms with Crippen LogP contribution in [0, 0.1) is 6.92 Å². The fourth-order valence-electron chi connectivity index (χ4n) is 1.39. The van der Waals surface area contributed by atoms with Crippen LogP contribution in [0.5, 0.6) is 5.75 Å². The molecule has 2 aromatic rings. The molecule has 1 aromatic heterocycles. The molecule has 86 valence electrons. The number of aromatic nitrogens is 1. The molecule has 0 saturated carbocycles. The SMILES string of the molecule is Cc1ccc(COc2ccc(C=O)cc2)cn1. The van der Waals surface area contributed by atoms with Crippen molar-refractivity contribution in [2.45, 2.75) is 13.5 Å². The smallest absolute Gasteiger partial charge is 0.150 e. The van der Waals surface area contributed by atoms with Crippen molar-refractivity contribution in [1.82, 2.24) is 4.98 Å².